The van der Waals surface area contributed by atoms with E-state index in [1.165, 1.54) is 6.42 Å². The monoisotopic (exact) mass is 361 g/mol. The quantitative estimate of drug-likeness (QED) is 0.634. The average Bonchev–Trinajstić information content (AvgIpc) is 2.95. The number of nitrogens with zero attached hydrogens (tertiary/aromatic N) is 2. The molecule has 1 N–H and O–H groups in total. The third-order valence-corrected chi connectivity index (χ3v) is 5.58. The van der Waals surface area contributed by atoms with E-state index in [1.807, 2.05) is 38.1 Å². The molecule has 27 heavy (non-hydrogen) atoms. The molecular formula is C23H27N3O. The SMILES string of the molecule is Cc1cc(/C=C(\C#N)C(=O)N[C@@H]2CCCC[C@@H]2C)c(C)n1-c1ccccc1. The number of aromatic nitrogens is 1. The van der Waals surface area contributed by atoms with Gasteiger partial charge in [-0.2, -0.15) is 5.26 Å². The lowest BCUT2D eigenvalue weighted by Crippen LogP contribution is -2.41. The number of nitriles is 1. The predicted molar refractivity (Wildman–Crippen MR) is 108 cm³/mol. The topological polar surface area (TPSA) is 57.8 Å². The Hall–Kier alpha value is -2.80. The molecule has 1 amide bonds. The molecular weight excluding hydrogens is 334 g/mol. The first-order chi connectivity index (χ1) is 13.0. The minimum atomic E-state index is -0.263. The van der Waals surface area contributed by atoms with Crippen molar-refractivity contribution in [2.24, 2.45) is 5.92 Å². The Kier molecular flexibility index (Phi) is 5.81. The molecule has 1 heterocycles. The number of benzene rings is 1. The first-order valence-corrected chi connectivity index (χ1v) is 9.68. The number of carbonyl (C=O) groups is 1. The van der Waals surface area contributed by atoms with Gasteiger partial charge in [0, 0.05) is 23.1 Å². The summed E-state index contributed by atoms with van der Waals surface area (Å²) in [6.07, 6.45) is 6.20. The molecule has 4 nitrogen and oxygen atoms in total. The van der Waals surface area contributed by atoms with E-state index in [4.69, 9.17) is 0 Å². The molecule has 1 aromatic heterocycles. The number of para-hydroxylation sites is 1. The molecule has 1 aliphatic carbocycles. The summed E-state index contributed by atoms with van der Waals surface area (Å²) in [6, 6.07) is 14.4. The molecule has 0 spiro atoms. The zero-order valence-electron chi connectivity index (χ0n) is 16.3. The molecule has 1 aliphatic rings. The van der Waals surface area contributed by atoms with Gasteiger partial charge < -0.3 is 9.88 Å². The average molecular weight is 361 g/mol. The summed E-state index contributed by atoms with van der Waals surface area (Å²) in [5.41, 5.74) is 4.24. The fourth-order valence-corrected chi connectivity index (χ4v) is 3.99. The largest absolute Gasteiger partial charge is 0.348 e. The number of nitrogens with one attached hydrogen (secondary N) is 1. The third-order valence-electron chi connectivity index (χ3n) is 5.58. The second-order valence-corrected chi connectivity index (χ2v) is 7.51. The van der Waals surface area contributed by atoms with Crippen LogP contribution in [0.2, 0.25) is 0 Å². The Labute approximate surface area is 161 Å². The van der Waals surface area contributed by atoms with Crippen LogP contribution in [-0.2, 0) is 4.79 Å². The second kappa shape index (κ2) is 8.26. The Bertz CT molecular complexity index is 886. The van der Waals surface area contributed by atoms with E-state index < -0.39 is 0 Å². The maximum Gasteiger partial charge on any atom is 0.262 e. The van der Waals surface area contributed by atoms with E-state index >= 15 is 0 Å². The molecule has 0 unspecified atom stereocenters. The van der Waals surface area contributed by atoms with Crippen LogP contribution in [0.5, 0.6) is 0 Å². The van der Waals surface area contributed by atoms with Gasteiger partial charge in [0.25, 0.3) is 5.91 Å². The zero-order valence-corrected chi connectivity index (χ0v) is 16.3. The van der Waals surface area contributed by atoms with Crippen molar-refractivity contribution in [3.05, 3.63) is 58.9 Å². The predicted octanol–water partition coefficient (Wildman–Crippen LogP) is 4.70. The lowest BCUT2D eigenvalue weighted by molar-refractivity contribution is -0.118. The van der Waals surface area contributed by atoms with Crippen LogP contribution in [0.3, 0.4) is 0 Å². The molecule has 0 radical (unpaired) electrons. The molecule has 140 valence electrons. The number of amides is 1. The van der Waals surface area contributed by atoms with Gasteiger partial charge in [-0.25, -0.2) is 0 Å². The first kappa shape index (κ1) is 19.0. The Morgan fingerprint density at radius 2 is 1.93 bits per heavy atom. The summed E-state index contributed by atoms with van der Waals surface area (Å²) in [5.74, 6) is 0.201. The van der Waals surface area contributed by atoms with Crippen molar-refractivity contribution in [2.75, 3.05) is 0 Å². The molecule has 2 atom stereocenters. The molecule has 1 saturated carbocycles. The van der Waals surface area contributed by atoms with Gasteiger partial charge in [0.1, 0.15) is 11.6 Å². The molecule has 2 aromatic rings. The van der Waals surface area contributed by atoms with Crippen molar-refractivity contribution < 1.29 is 4.79 Å². The van der Waals surface area contributed by atoms with Gasteiger partial charge in [0.05, 0.1) is 0 Å². The van der Waals surface area contributed by atoms with Crippen molar-refractivity contribution in [3.63, 3.8) is 0 Å². The Morgan fingerprint density at radius 1 is 1.22 bits per heavy atom. The highest BCUT2D eigenvalue weighted by atomic mass is 16.1. The van der Waals surface area contributed by atoms with Crippen LogP contribution < -0.4 is 5.32 Å². The van der Waals surface area contributed by atoms with Gasteiger partial charge in [-0.15, -0.1) is 0 Å². The van der Waals surface area contributed by atoms with E-state index in [9.17, 15) is 10.1 Å². The Morgan fingerprint density at radius 3 is 2.59 bits per heavy atom. The van der Waals surface area contributed by atoms with Crippen LogP contribution in [0.15, 0.2) is 42.0 Å². The summed E-state index contributed by atoms with van der Waals surface area (Å²) < 4.78 is 2.14. The lowest BCUT2D eigenvalue weighted by Gasteiger charge is -2.29. The van der Waals surface area contributed by atoms with Crippen molar-refractivity contribution in [1.82, 2.24) is 9.88 Å². The minimum Gasteiger partial charge on any atom is -0.348 e. The van der Waals surface area contributed by atoms with E-state index in [2.05, 4.69) is 35.0 Å². The van der Waals surface area contributed by atoms with E-state index in [1.54, 1.807) is 6.08 Å². The zero-order chi connectivity index (χ0) is 19.4. The van der Waals surface area contributed by atoms with E-state index in [0.29, 0.717) is 5.92 Å². The van der Waals surface area contributed by atoms with Crippen molar-refractivity contribution in [1.29, 1.82) is 5.26 Å². The number of carbonyl (C=O) groups excluding carboxylic acids is 1. The number of aryl methyl sites for hydroxylation is 1. The summed E-state index contributed by atoms with van der Waals surface area (Å²) in [7, 11) is 0. The highest BCUT2D eigenvalue weighted by molar-refractivity contribution is 6.02. The standard InChI is InChI=1S/C23H27N3O/c1-16-9-7-8-12-22(16)25-23(27)20(15-24)14-19-13-17(2)26(18(19)3)21-10-5-4-6-11-21/h4-6,10-11,13-14,16,22H,7-9,12H2,1-3H3,(H,25,27)/b20-14+/t16-,22+/m0/s1. The third kappa shape index (κ3) is 4.14. The van der Waals surface area contributed by atoms with Gasteiger partial charge in [-0.1, -0.05) is 38.0 Å². The fraction of sp³-hybridized carbons (Fsp3) is 0.391. The highest BCUT2D eigenvalue weighted by Gasteiger charge is 2.24. The molecule has 0 aliphatic heterocycles. The summed E-state index contributed by atoms with van der Waals surface area (Å²) in [6.45, 7) is 6.22. The fourth-order valence-electron chi connectivity index (χ4n) is 3.99. The molecule has 0 saturated heterocycles. The molecule has 4 heteroatoms. The van der Waals surface area contributed by atoms with Crippen LogP contribution >= 0.6 is 0 Å². The van der Waals surface area contributed by atoms with Crippen molar-refractivity contribution >= 4 is 12.0 Å². The van der Waals surface area contributed by atoms with Crippen LogP contribution in [0.1, 0.15) is 49.6 Å². The summed E-state index contributed by atoms with van der Waals surface area (Å²) >= 11 is 0. The van der Waals surface area contributed by atoms with Crippen LogP contribution in [0.4, 0.5) is 0 Å². The lowest BCUT2D eigenvalue weighted by atomic mass is 9.86. The molecule has 1 aromatic carbocycles. The second-order valence-electron chi connectivity index (χ2n) is 7.51. The minimum absolute atomic E-state index is 0.166. The molecule has 1 fully saturated rings. The van der Waals surface area contributed by atoms with Crippen molar-refractivity contribution in [2.45, 2.75) is 52.5 Å². The van der Waals surface area contributed by atoms with Crippen LogP contribution in [0.25, 0.3) is 11.8 Å². The first-order valence-electron chi connectivity index (χ1n) is 9.68. The van der Waals surface area contributed by atoms with Gasteiger partial charge >= 0.3 is 0 Å². The van der Waals surface area contributed by atoms with Gasteiger partial charge in [-0.3, -0.25) is 4.79 Å². The van der Waals surface area contributed by atoms with Gasteiger partial charge in [-0.05, 0) is 62.4 Å². The number of hydrogen-bond acceptors (Lipinski definition) is 2. The van der Waals surface area contributed by atoms with Crippen LogP contribution in [-0.4, -0.2) is 16.5 Å². The summed E-state index contributed by atoms with van der Waals surface area (Å²) in [5, 5.41) is 12.6. The smallest absolute Gasteiger partial charge is 0.262 e. The van der Waals surface area contributed by atoms with Crippen LogP contribution in [0, 0.1) is 31.1 Å². The highest BCUT2D eigenvalue weighted by Crippen LogP contribution is 2.25. The number of rotatable bonds is 4. The molecule has 0 bridgehead atoms. The summed E-state index contributed by atoms with van der Waals surface area (Å²) in [4.78, 5) is 12.7. The molecule has 3 rings (SSSR count). The van der Waals surface area contributed by atoms with Gasteiger partial charge in [0.15, 0.2) is 0 Å². The van der Waals surface area contributed by atoms with Crippen molar-refractivity contribution in [3.8, 4) is 11.8 Å². The normalized spacial score (nSPS) is 20.1. The van der Waals surface area contributed by atoms with E-state index in [-0.39, 0.29) is 17.5 Å². The maximum absolute atomic E-state index is 12.7. The van der Waals surface area contributed by atoms with E-state index in [0.717, 1.165) is 41.9 Å². The maximum atomic E-state index is 12.7. The Balaban J connectivity index is 1.86. The number of hydrogen-bond donors (Lipinski definition) is 1. The van der Waals surface area contributed by atoms with Gasteiger partial charge in [0.2, 0.25) is 0 Å².